The average molecular weight is 399 g/mol. The summed E-state index contributed by atoms with van der Waals surface area (Å²) in [6, 6.07) is 14.7. The van der Waals surface area contributed by atoms with E-state index in [9.17, 15) is 10.1 Å². The van der Waals surface area contributed by atoms with E-state index in [1.54, 1.807) is 30.3 Å². The number of nitriles is 1. The normalized spacial score (nSPS) is 15.5. The van der Waals surface area contributed by atoms with Crippen LogP contribution in [0.5, 0.6) is 5.75 Å². The maximum atomic E-state index is 13.4. The van der Waals surface area contributed by atoms with E-state index in [-0.39, 0.29) is 5.91 Å². The van der Waals surface area contributed by atoms with Gasteiger partial charge in [0.15, 0.2) is 0 Å². The average Bonchev–Trinajstić information content (AvgIpc) is 2.73. The van der Waals surface area contributed by atoms with E-state index in [0.29, 0.717) is 54.7 Å². The number of hydrogen-bond donors (Lipinski definition) is 1. The summed E-state index contributed by atoms with van der Waals surface area (Å²) < 4.78 is 11.1. The second-order valence-corrected chi connectivity index (χ2v) is 7.26. The van der Waals surface area contributed by atoms with Crippen molar-refractivity contribution < 1.29 is 14.3 Å². The van der Waals surface area contributed by atoms with Crippen LogP contribution in [0.4, 0.5) is 5.69 Å². The third kappa shape index (κ3) is 4.30. The topological polar surface area (TPSA) is 71.3 Å². The molecule has 1 N–H and O–H groups in total. The van der Waals surface area contributed by atoms with Gasteiger partial charge in [-0.1, -0.05) is 30.7 Å². The fraction of sp³-hybridized carbons (Fsp3) is 0.364. The maximum absolute atomic E-state index is 13.4. The molecule has 1 fully saturated rings. The second kappa shape index (κ2) is 9.09. The number of amides is 1. The predicted octanol–water partition coefficient (Wildman–Crippen LogP) is 4.69. The molecule has 0 atom stereocenters. The molecule has 6 heteroatoms. The number of benzene rings is 2. The summed E-state index contributed by atoms with van der Waals surface area (Å²) >= 11 is 6.02. The predicted molar refractivity (Wildman–Crippen MR) is 109 cm³/mol. The van der Waals surface area contributed by atoms with E-state index >= 15 is 0 Å². The number of hydrogen-bond acceptors (Lipinski definition) is 4. The first kappa shape index (κ1) is 20.2. The Bertz CT molecular complexity index is 868. The lowest BCUT2D eigenvalue weighted by Crippen LogP contribution is -2.45. The highest BCUT2D eigenvalue weighted by atomic mass is 35.5. The number of carbonyl (C=O) groups is 1. The molecular weight excluding hydrogens is 376 g/mol. The van der Waals surface area contributed by atoms with Gasteiger partial charge in [-0.3, -0.25) is 4.79 Å². The van der Waals surface area contributed by atoms with E-state index in [4.69, 9.17) is 21.1 Å². The highest BCUT2D eigenvalue weighted by Gasteiger charge is 2.42. The van der Waals surface area contributed by atoms with Crippen molar-refractivity contribution in [3.63, 3.8) is 0 Å². The van der Waals surface area contributed by atoms with Gasteiger partial charge in [0.05, 0.1) is 23.3 Å². The summed E-state index contributed by atoms with van der Waals surface area (Å²) in [5.41, 5.74) is 1.04. The maximum Gasteiger partial charge on any atom is 0.235 e. The molecule has 1 amide bonds. The molecule has 5 nitrogen and oxygen atoms in total. The van der Waals surface area contributed by atoms with Gasteiger partial charge in [0.2, 0.25) is 5.91 Å². The first-order chi connectivity index (χ1) is 13.6. The summed E-state index contributed by atoms with van der Waals surface area (Å²) in [5, 5.41) is 13.1. The van der Waals surface area contributed by atoms with Crippen LogP contribution in [0.15, 0.2) is 42.5 Å². The van der Waals surface area contributed by atoms with Crippen LogP contribution in [0.1, 0.15) is 37.3 Å². The number of anilines is 1. The lowest BCUT2D eigenvalue weighted by atomic mass is 9.73. The van der Waals surface area contributed by atoms with Crippen LogP contribution in [0.2, 0.25) is 5.02 Å². The van der Waals surface area contributed by atoms with Gasteiger partial charge in [-0.05, 0) is 55.2 Å². The number of carbonyl (C=O) groups excluding carboxylic acids is 1. The Morgan fingerprint density at radius 1 is 1.25 bits per heavy atom. The highest BCUT2D eigenvalue weighted by molar-refractivity contribution is 6.30. The zero-order valence-corrected chi connectivity index (χ0v) is 16.6. The Hall–Kier alpha value is -2.55. The van der Waals surface area contributed by atoms with Crippen LogP contribution in [0.3, 0.4) is 0 Å². The van der Waals surface area contributed by atoms with E-state index in [1.807, 2.05) is 19.1 Å². The minimum Gasteiger partial charge on any atom is -0.494 e. The van der Waals surface area contributed by atoms with Crippen molar-refractivity contribution in [1.82, 2.24) is 0 Å². The van der Waals surface area contributed by atoms with Crippen molar-refractivity contribution in [3.05, 3.63) is 58.6 Å². The molecule has 0 saturated carbocycles. The van der Waals surface area contributed by atoms with Gasteiger partial charge in [-0.25, -0.2) is 0 Å². The third-order valence-electron chi connectivity index (χ3n) is 5.01. The largest absolute Gasteiger partial charge is 0.494 e. The van der Waals surface area contributed by atoms with Gasteiger partial charge < -0.3 is 14.8 Å². The molecule has 146 valence electrons. The Kier molecular flexibility index (Phi) is 6.56. The minimum absolute atomic E-state index is 0.142. The number of rotatable bonds is 6. The Balaban J connectivity index is 1.88. The van der Waals surface area contributed by atoms with Crippen molar-refractivity contribution in [2.24, 2.45) is 0 Å². The lowest BCUT2D eigenvalue weighted by Gasteiger charge is -2.36. The molecule has 2 aromatic rings. The van der Waals surface area contributed by atoms with E-state index in [0.717, 1.165) is 12.0 Å². The molecule has 1 aliphatic rings. The summed E-state index contributed by atoms with van der Waals surface area (Å²) in [6.07, 6.45) is 2.02. The second-order valence-electron chi connectivity index (χ2n) is 6.82. The summed E-state index contributed by atoms with van der Waals surface area (Å²) in [5.74, 6) is 0.478. The van der Waals surface area contributed by atoms with Crippen LogP contribution in [0.25, 0.3) is 0 Å². The van der Waals surface area contributed by atoms with E-state index in [1.165, 1.54) is 0 Å². The first-order valence-corrected chi connectivity index (χ1v) is 9.79. The molecule has 1 aliphatic heterocycles. The summed E-state index contributed by atoms with van der Waals surface area (Å²) in [6.45, 7) is 3.61. The molecule has 0 spiro atoms. The number of ether oxygens (including phenoxy) is 2. The van der Waals surface area contributed by atoms with Crippen molar-refractivity contribution in [3.8, 4) is 11.8 Å². The number of halogens is 1. The van der Waals surface area contributed by atoms with Gasteiger partial charge in [0.25, 0.3) is 0 Å². The quantitative estimate of drug-likeness (QED) is 0.766. The minimum atomic E-state index is -0.715. The molecule has 2 aromatic carbocycles. The fourth-order valence-electron chi connectivity index (χ4n) is 3.41. The molecule has 1 saturated heterocycles. The van der Waals surface area contributed by atoms with Crippen LogP contribution < -0.4 is 10.1 Å². The Morgan fingerprint density at radius 3 is 2.61 bits per heavy atom. The molecular formula is C22H23ClN2O3. The van der Waals surface area contributed by atoms with Gasteiger partial charge in [0.1, 0.15) is 11.8 Å². The molecule has 0 bridgehead atoms. The van der Waals surface area contributed by atoms with Gasteiger partial charge in [-0.15, -0.1) is 0 Å². The van der Waals surface area contributed by atoms with Gasteiger partial charge >= 0.3 is 0 Å². The molecule has 0 aliphatic carbocycles. The standard InChI is InChI=1S/C22H23ClN2O3/c1-2-11-28-19-7-8-20(16(14-19)15-24)25-21(26)22(9-12-27-13-10-22)17-3-5-18(23)6-4-17/h3-8,14H,2,9-13H2,1H3,(H,25,26). The molecule has 0 radical (unpaired) electrons. The zero-order valence-electron chi connectivity index (χ0n) is 15.8. The molecule has 1 heterocycles. The van der Waals surface area contributed by atoms with Crippen molar-refractivity contribution >= 4 is 23.2 Å². The van der Waals surface area contributed by atoms with Crippen LogP contribution in [-0.4, -0.2) is 25.7 Å². The van der Waals surface area contributed by atoms with Crippen molar-refractivity contribution in [2.75, 3.05) is 25.1 Å². The van der Waals surface area contributed by atoms with Crippen LogP contribution in [-0.2, 0) is 14.9 Å². The van der Waals surface area contributed by atoms with E-state index in [2.05, 4.69) is 11.4 Å². The monoisotopic (exact) mass is 398 g/mol. The van der Waals surface area contributed by atoms with Crippen molar-refractivity contribution in [1.29, 1.82) is 5.26 Å². The lowest BCUT2D eigenvalue weighted by molar-refractivity contribution is -0.125. The molecule has 0 aromatic heterocycles. The third-order valence-corrected chi connectivity index (χ3v) is 5.26. The number of nitrogens with zero attached hydrogens (tertiary/aromatic N) is 1. The molecule has 0 unspecified atom stereocenters. The number of nitrogens with one attached hydrogen (secondary N) is 1. The fourth-order valence-corrected chi connectivity index (χ4v) is 3.54. The molecule has 3 rings (SSSR count). The highest BCUT2D eigenvalue weighted by Crippen LogP contribution is 2.37. The Labute approximate surface area is 170 Å². The Morgan fingerprint density at radius 2 is 1.96 bits per heavy atom. The summed E-state index contributed by atoms with van der Waals surface area (Å²) in [7, 11) is 0. The van der Waals surface area contributed by atoms with Crippen LogP contribution >= 0.6 is 11.6 Å². The van der Waals surface area contributed by atoms with Gasteiger partial charge in [-0.2, -0.15) is 5.26 Å². The smallest absolute Gasteiger partial charge is 0.235 e. The zero-order chi connectivity index (χ0) is 20.0. The van der Waals surface area contributed by atoms with Crippen molar-refractivity contribution in [2.45, 2.75) is 31.6 Å². The first-order valence-electron chi connectivity index (χ1n) is 9.41. The summed E-state index contributed by atoms with van der Waals surface area (Å²) in [4.78, 5) is 13.4. The SMILES string of the molecule is CCCOc1ccc(NC(=O)C2(c3ccc(Cl)cc3)CCOCC2)c(C#N)c1. The van der Waals surface area contributed by atoms with E-state index < -0.39 is 5.41 Å². The molecule has 28 heavy (non-hydrogen) atoms. The van der Waals surface area contributed by atoms with Gasteiger partial charge in [0, 0.05) is 18.2 Å². The van der Waals surface area contributed by atoms with Crippen LogP contribution in [0, 0.1) is 11.3 Å².